The van der Waals surface area contributed by atoms with Gasteiger partial charge in [0, 0.05) is 0 Å². The number of nitrogens with one attached hydrogen (secondary N) is 2. The van der Waals surface area contributed by atoms with Crippen LogP contribution in [-0.2, 0) is 4.79 Å². The highest BCUT2D eigenvalue weighted by atomic mass is 32.1. The summed E-state index contributed by atoms with van der Waals surface area (Å²) in [6, 6.07) is 2.59. The monoisotopic (exact) mass is 270 g/mol. The van der Waals surface area contributed by atoms with E-state index in [1.807, 2.05) is 6.92 Å². The number of carbonyl (C=O) groups is 2. The Labute approximate surface area is 110 Å². The fourth-order valence-electron chi connectivity index (χ4n) is 1.34. The summed E-state index contributed by atoms with van der Waals surface area (Å²) >= 11 is 1.32. The molecule has 0 saturated heterocycles. The lowest BCUT2D eigenvalue weighted by molar-refractivity contribution is -0.123. The van der Waals surface area contributed by atoms with Gasteiger partial charge in [-0.1, -0.05) is 13.0 Å². The highest BCUT2D eigenvalue weighted by molar-refractivity contribution is 7.12. The Morgan fingerprint density at radius 1 is 1.44 bits per heavy atom. The molecule has 2 amide bonds. The maximum atomic E-state index is 11.7. The smallest absolute Gasteiger partial charge is 0.261 e. The zero-order chi connectivity index (χ0) is 13.5. The van der Waals surface area contributed by atoms with Crippen molar-refractivity contribution >= 4 is 23.2 Å². The highest BCUT2D eigenvalue weighted by Gasteiger charge is 2.19. The van der Waals surface area contributed by atoms with Gasteiger partial charge in [-0.15, -0.1) is 11.3 Å². The van der Waals surface area contributed by atoms with Crippen molar-refractivity contribution in [2.45, 2.75) is 32.4 Å². The summed E-state index contributed by atoms with van der Waals surface area (Å²) in [6.07, 6.45) is 0.647. The summed E-state index contributed by atoms with van der Waals surface area (Å²) in [6.45, 7) is 3.38. The molecule has 1 aromatic rings. The van der Waals surface area contributed by atoms with Crippen LogP contribution in [0.4, 0.5) is 0 Å². The maximum Gasteiger partial charge on any atom is 0.261 e. The summed E-state index contributed by atoms with van der Waals surface area (Å²) in [7, 11) is 0. The van der Waals surface area contributed by atoms with Gasteiger partial charge < -0.3 is 15.7 Å². The number of rotatable bonds is 6. The van der Waals surface area contributed by atoms with Crippen LogP contribution in [0.1, 0.15) is 29.9 Å². The first-order valence-corrected chi connectivity index (χ1v) is 6.72. The Kier molecular flexibility index (Phi) is 5.80. The van der Waals surface area contributed by atoms with E-state index in [1.165, 1.54) is 11.3 Å². The molecular formula is C12H18N2O3S. The van der Waals surface area contributed by atoms with Gasteiger partial charge in [-0.25, -0.2) is 0 Å². The lowest BCUT2D eigenvalue weighted by Crippen LogP contribution is -2.48. The van der Waals surface area contributed by atoms with E-state index in [4.69, 9.17) is 5.11 Å². The predicted molar refractivity (Wildman–Crippen MR) is 70.6 cm³/mol. The van der Waals surface area contributed by atoms with Crippen molar-refractivity contribution < 1.29 is 14.7 Å². The van der Waals surface area contributed by atoms with E-state index >= 15 is 0 Å². The number of amides is 2. The van der Waals surface area contributed by atoms with Crippen molar-refractivity contribution in [3.05, 3.63) is 22.4 Å². The molecule has 0 bridgehead atoms. The normalized spacial score (nSPS) is 13.7. The molecule has 0 aliphatic heterocycles. The van der Waals surface area contributed by atoms with Gasteiger partial charge in [-0.05, 0) is 24.8 Å². The van der Waals surface area contributed by atoms with Crippen LogP contribution < -0.4 is 10.6 Å². The van der Waals surface area contributed by atoms with Crippen molar-refractivity contribution in [1.29, 1.82) is 0 Å². The Bertz CT molecular complexity index is 388. The molecule has 0 saturated carbocycles. The van der Waals surface area contributed by atoms with Gasteiger partial charge >= 0.3 is 0 Å². The molecule has 0 aliphatic carbocycles. The summed E-state index contributed by atoms with van der Waals surface area (Å²) in [4.78, 5) is 24.0. The van der Waals surface area contributed by atoms with Crippen LogP contribution in [0.25, 0.3) is 0 Å². The molecule has 1 aromatic heterocycles. The van der Waals surface area contributed by atoms with Gasteiger partial charge in [0.05, 0.1) is 17.5 Å². The molecule has 3 N–H and O–H groups in total. The first-order chi connectivity index (χ1) is 8.58. The number of hydrogen-bond acceptors (Lipinski definition) is 4. The van der Waals surface area contributed by atoms with Crippen LogP contribution in [0.2, 0.25) is 0 Å². The van der Waals surface area contributed by atoms with Crippen LogP contribution in [0.15, 0.2) is 17.5 Å². The van der Waals surface area contributed by atoms with Gasteiger partial charge in [0.25, 0.3) is 5.91 Å². The average molecular weight is 270 g/mol. The number of carbonyl (C=O) groups excluding carboxylic acids is 2. The first-order valence-electron chi connectivity index (χ1n) is 5.84. The zero-order valence-corrected chi connectivity index (χ0v) is 11.3. The third kappa shape index (κ3) is 4.12. The summed E-state index contributed by atoms with van der Waals surface area (Å²) in [5, 5.41) is 16.1. The maximum absolute atomic E-state index is 11.7. The van der Waals surface area contributed by atoms with E-state index in [0.717, 1.165) is 0 Å². The Hall–Kier alpha value is -1.40. The Morgan fingerprint density at radius 2 is 2.17 bits per heavy atom. The van der Waals surface area contributed by atoms with Gasteiger partial charge in [-0.2, -0.15) is 0 Å². The molecular weight excluding hydrogens is 252 g/mol. The molecule has 0 spiro atoms. The molecule has 18 heavy (non-hydrogen) atoms. The Morgan fingerprint density at radius 3 is 2.67 bits per heavy atom. The molecule has 0 radical (unpaired) electrons. The SMILES string of the molecule is CCC(CO)NC(=O)C(C)NC(=O)c1cccs1. The standard InChI is InChI=1S/C12H18N2O3S/c1-3-9(7-15)14-11(16)8(2)13-12(17)10-5-4-6-18-10/h4-6,8-9,15H,3,7H2,1-2H3,(H,13,17)(H,14,16). The quantitative estimate of drug-likeness (QED) is 0.714. The predicted octanol–water partition coefficient (Wildman–Crippen LogP) is 0.754. The van der Waals surface area contributed by atoms with Crippen LogP contribution in [0.5, 0.6) is 0 Å². The molecule has 5 nitrogen and oxygen atoms in total. The average Bonchev–Trinajstić information content (AvgIpc) is 2.89. The third-order valence-corrected chi connectivity index (χ3v) is 3.41. The van der Waals surface area contributed by atoms with Crippen molar-refractivity contribution in [2.75, 3.05) is 6.61 Å². The first kappa shape index (κ1) is 14.7. The van der Waals surface area contributed by atoms with Crippen molar-refractivity contribution in [1.82, 2.24) is 10.6 Å². The number of thiophene rings is 1. The minimum absolute atomic E-state index is 0.103. The molecule has 1 rings (SSSR count). The van der Waals surface area contributed by atoms with Crippen LogP contribution >= 0.6 is 11.3 Å². The fourth-order valence-corrected chi connectivity index (χ4v) is 1.97. The topological polar surface area (TPSA) is 78.4 Å². The summed E-state index contributed by atoms with van der Waals surface area (Å²) in [5.74, 6) is -0.550. The second-order valence-electron chi connectivity index (χ2n) is 3.97. The minimum Gasteiger partial charge on any atom is -0.394 e. The molecule has 2 unspecified atom stereocenters. The van der Waals surface area contributed by atoms with E-state index in [0.29, 0.717) is 11.3 Å². The molecule has 2 atom stereocenters. The third-order valence-electron chi connectivity index (χ3n) is 2.55. The molecule has 0 aromatic carbocycles. The fraction of sp³-hybridized carbons (Fsp3) is 0.500. The summed E-state index contributed by atoms with van der Waals surface area (Å²) < 4.78 is 0. The molecule has 0 aliphatic rings. The zero-order valence-electron chi connectivity index (χ0n) is 10.5. The van der Waals surface area contributed by atoms with Gasteiger partial charge in [0.15, 0.2) is 0 Å². The van der Waals surface area contributed by atoms with E-state index < -0.39 is 6.04 Å². The Balaban J connectivity index is 2.47. The molecule has 6 heteroatoms. The van der Waals surface area contributed by atoms with E-state index in [-0.39, 0.29) is 24.5 Å². The lowest BCUT2D eigenvalue weighted by atomic mass is 10.2. The summed E-state index contributed by atoms with van der Waals surface area (Å²) in [5.41, 5.74) is 0. The van der Waals surface area contributed by atoms with E-state index in [1.54, 1.807) is 24.4 Å². The second kappa shape index (κ2) is 7.13. The number of aliphatic hydroxyl groups excluding tert-OH is 1. The molecule has 1 heterocycles. The van der Waals surface area contributed by atoms with Crippen LogP contribution in [0.3, 0.4) is 0 Å². The number of hydrogen-bond donors (Lipinski definition) is 3. The van der Waals surface area contributed by atoms with Crippen molar-refractivity contribution in [3.8, 4) is 0 Å². The molecule has 0 fully saturated rings. The minimum atomic E-state index is -0.625. The van der Waals surface area contributed by atoms with Gasteiger partial charge in [0.1, 0.15) is 6.04 Å². The lowest BCUT2D eigenvalue weighted by Gasteiger charge is -2.18. The van der Waals surface area contributed by atoms with Gasteiger partial charge in [-0.3, -0.25) is 9.59 Å². The van der Waals surface area contributed by atoms with E-state index in [9.17, 15) is 9.59 Å². The van der Waals surface area contributed by atoms with Crippen molar-refractivity contribution in [2.24, 2.45) is 0 Å². The van der Waals surface area contributed by atoms with Crippen LogP contribution in [0, 0.1) is 0 Å². The van der Waals surface area contributed by atoms with E-state index in [2.05, 4.69) is 10.6 Å². The second-order valence-corrected chi connectivity index (χ2v) is 4.92. The number of aliphatic hydroxyl groups is 1. The van der Waals surface area contributed by atoms with Crippen LogP contribution in [-0.4, -0.2) is 35.6 Å². The largest absolute Gasteiger partial charge is 0.394 e. The highest BCUT2D eigenvalue weighted by Crippen LogP contribution is 2.08. The molecule has 100 valence electrons. The van der Waals surface area contributed by atoms with Crippen molar-refractivity contribution in [3.63, 3.8) is 0 Å². The van der Waals surface area contributed by atoms with Gasteiger partial charge in [0.2, 0.25) is 5.91 Å².